The van der Waals surface area contributed by atoms with Crippen LogP contribution in [-0.2, 0) is 16.2 Å². The number of piperazine rings is 1. The summed E-state index contributed by atoms with van der Waals surface area (Å²) < 4.78 is 66.3. The van der Waals surface area contributed by atoms with Crippen LogP contribution in [0.25, 0.3) is 0 Å². The Labute approximate surface area is 167 Å². The molecular formula is C20H21F3N2O3S. The van der Waals surface area contributed by atoms with Crippen LogP contribution in [0, 0.1) is 13.8 Å². The van der Waals surface area contributed by atoms with E-state index in [1.54, 1.807) is 12.1 Å². The van der Waals surface area contributed by atoms with E-state index in [0.29, 0.717) is 5.56 Å². The fourth-order valence-corrected chi connectivity index (χ4v) is 5.11. The Morgan fingerprint density at radius 1 is 0.931 bits per heavy atom. The van der Waals surface area contributed by atoms with Crippen LogP contribution >= 0.6 is 0 Å². The molecule has 156 valence electrons. The first-order valence-corrected chi connectivity index (χ1v) is 10.5. The van der Waals surface area contributed by atoms with Crippen molar-refractivity contribution in [1.29, 1.82) is 0 Å². The van der Waals surface area contributed by atoms with Gasteiger partial charge in [0.25, 0.3) is 5.91 Å². The van der Waals surface area contributed by atoms with E-state index < -0.39 is 26.7 Å². The van der Waals surface area contributed by atoms with Crippen molar-refractivity contribution in [2.45, 2.75) is 24.9 Å². The second kappa shape index (κ2) is 7.79. The fourth-order valence-electron chi connectivity index (χ4n) is 3.48. The summed E-state index contributed by atoms with van der Waals surface area (Å²) in [5.41, 5.74) is 1.21. The molecule has 0 unspecified atom stereocenters. The Morgan fingerprint density at radius 2 is 1.48 bits per heavy atom. The molecule has 5 nitrogen and oxygen atoms in total. The Kier molecular flexibility index (Phi) is 5.73. The molecule has 1 aliphatic rings. The summed E-state index contributed by atoms with van der Waals surface area (Å²) in [6, 6.07) is 9.61. The van der Waals surface area contributed by atoms with Gasteiger partial charge < -0.3 is 4.90 Å². The third-order valence-electron chi connectivity index (χ3n) is 4.80. The summed E-state index contributed by atoms with van der Waals surface area (Å²) in [7, 11) is -4.33. The molecule has 0 N–H and O–H groups in total. The van der Waals surface area contributed by atoms with Crippen LogP contribution in [-0.4, -0.2) is 49.7 Å². The van der Waals surface area contributed by atoms with Gasteiger partial charge in [-0.2, -0.15) is 17.5 Å². The number of rotatable bonds is 3. The van der Waals surface area contributed by atoms with Crippen molar-refractivity contribution in [3.05, 3.63) is 64.7 Å². The normalized spacial score (nSPS) is 16.1. The average molecular weight is 426 g/mol. The molecule has 2 aromatic carbocycles. The second-order valence-electron chi connectivity index (χ2n) is 7.07. The van der Waals surface area contributed by atoms with Crippen molar-refractivity contribution < 1.29 is 26.4 Å². The van der Waals surface area contributed by atoms with Crippen LogP contribution in [0.4, 0.5) is 13.2 Å². The van der Waals surface area contributed by atoms with Gasteiger partial charge in [-0.3, -0.25) is 4.79 Å². The minimum atomic E-state index is -4.77. The summed E-state index contributed by atoms with van der Waals surface area (Å²) in [6.07, 6.45) is -4.77. The molecule has 1 amide bonds. The van der Waals surface area contributed by atoms with Crippen LogP contribution in [0.2, 0.25) is 0 Å². The first-order chi connectivity index (χ1) is 13.5. The van der Waals surface area contributed by atoms with Crippen molar-refractivity contribution in [2.24, 2.45) is 0 Å². The van der Waals surface area contributed by atoms with Gasteiger partial charge in [0, 0.05) is 31.7 Å². The van der Waals surface area contributed by atoms with Crippen molar-refractivity contribution in [1.82, 2.24) is 9.21 Å². The lowest BCUT2D eigenvalue weighted by Crippen LogP contribution is -2.50. The van der Waals surface area contributed by atoms with Crippen LogP contribution in [0.3, 0.4) is 0 Å². The molecule has 0 bridgehead atoms. The molecule has 1 fully saturated rings. The van der Waals surface area contributed by atoms with E-state index in [1.807, 2.05) is 19.9 Å². The van der Waals surface area contributed by atoms with E-state index in [2.05, 4.69) is 0 Å². The van der Waals surface area contributed by atoms with Crippen molar-refractivity contribution >= 4 is 15.9 Å². The van der Waals surface area contributed by atoms with Gasteiger partial charge in [0.15, 0.2) is 0 Å². The maximum Gasteiger partial charge on any atom is 0.417 e. The van der Waals surface area contributed by atoms with E-state index in [1.165, 1.54) is 11.0 Å². The van der Waals surface area contributed by atoms with E-state index in [9.17, 15) is 26.4 Å². The molecule has 0 saturated carbocycles. The summed E-state index contributed by atoms with van der Waals surface area (Å²) in [6.45, 7) is 3.85. The predicted octanol–water partition coefficient (Wildman–Crippen LogP) is 3.47. The molecule has 0 radical (unpaired) electrons. The summed E-state index contributed by atoms with van der Waals surface area (Å²) >= 11 is 0. The highest BCUT2D eigenvalue weighted by atomic mass is 32.2. The van der Waals surface area contributed by atoms with Gasteiger partial charge in [-0.1, -0.05) is 29.3 Å². The van der Waals surface area contributed by atoms with E-state index in [0.717, 1.165) is 33.6 Å². The van der Waals surface area contributed by atoms with Crippen LogP contribution in [0.5, 0.6) is 0 Å². The molecule has 2 aromatic rings. The minimum absolute atomic E-state index is 0.0644. The first-order valence-electron chi connectivity index (χ1n) is 9.04. The van der Waals surface area contributed by atoms with Crippen molar-refractivity contribution in [2.75, 3.05) is 26.2 Å². The molecule has 1 aliphatic heterocycles. The molecule has 0 aromatic heterocycles. The minimum Gasteiger partial charge on any atom is -0.336 e. The van der Waals surface area contributed by atoms with Gasteiger partial charge in [0.1, 0.15) is 0 Å². The Morgan fingerprint density at radius 3 is 2.03 bits per heavy atom. The number of aryl methyl sites for hydroxylation is 2. The number of nitrogens with zero attached hydrogens (tertiary/aromatic N) is 2. The SMILES string of the molecule is Cc1cc(C)cc(C(=O)N2CCN(S(=O)(=O)c3ccccc3C(F)(F)F)CC2)c1. The predicted molar refractivity (Wildman–Crippen MR) is 102 cm³/mol. The molecule has 3 rings (SSSR count). The van der Waals surface area contributed by atoms with Gasteiger partial charge in [0.05, 0.1) is 10.5 Å². The quantitative estimate of drug-likeness (QED) is 0.755. The molecule has 9 heteroatoms. The van der Waals surface area contributed by atoms with Crippen LogP contribution in [0.15, 0.2) is 47.4 Å². The summed E-state index contributed by atoms with van der Waals surface area (Å²) in [5, 5.41) is 0. The molecule has 1 saturated heterocycles. The van der Waals surface area contributed by atoms with Crippen LogP contribution in [0.1, 0.15) is 27.0 Å². The number of carbonyl (C=O) groups is 1. The lowest BCUT2D eigenvalue weighted by Gasteiger charge is -2.34. The maximum absolute atomic E-state index is 13.2. The zero-order valence-electron chi connectivity index (χ0n) is 16.0. The fraction of sp³-hybridized carbons (Fsp3) is 0.350. The van der Waals surface area contributed by atoms with Gasteiger partial charge in [-0.05, 0) is 38.1 Å². The standard InChI is InChI=1S/C20H21F3N2O3S/c1-14-11-15(2)13-16(12-14)19(26)24-7-9-25(10-8-24)29(27,28)18-6-4-3-5-17(18)20(21,22)23/h3-6,11-13H,7-10H2,1-2H3. The highest BCUT2D eigenvalue weighted by molar-refractivity contribution is 7.89. The Balaban J connectivity index is 1.78. The zero-order chi connectivity index (χ0) is 21.4. The number of carbonyl (C=O) groups excluding carboxylic acids is 1. The lowest BCUT2D eigenvalue weighted by molar-refractivity contribution is -0.139. The largest absolute Gasteiger partial charge is 0.417 e. The molecule has 1 heterocycles. The van der Waals surface area contributed by atoms with Crippen LogP contribution < -0.4 is 0 Å². The van der Waals surface area contributed by atoms with Crippen molar-refractivity contribution in [3.8, 4) is 0 Å². The maximum atomic E-state index is 13.2. The summed E-state index contributed by atoms with van der Waals surface area (Å²) in [4.78, 5) is 13.5. The van der Waals surface area contributed by atoms with Crippen molar-refractivity contribution in [3.63, 3.8) is 0 Å². The highest BCUT2D eigenvalue weighted by Gasteiger charge is 2.39. The number of amides is 1. The van der Waals surface area contributed by atoms with E-state index >= 15 is 0 Å². The number of sulfonamides is 1. The van der Waals surface area contributed by atoms with Gasteiger partial charge in [0.2, 0.25) is 10.0 Å². The highest BCUT2D eigenvalue weighted by Crippen LogP contribution is 2.35. The smallest absolute Gasteiger partial charge is 0.336 e. The summed E-state index contributed by atoms with van der Waals surface area (Å²) in [5.74, 6) is -0.218. The first kappa shape index (κ1) is 21.3. The van der Waals surface area contributed by atoms with Gasteiger partial charge in [-0.15, -0.1) is 0 Å². The Bertz CT molecular complexity index is 1010. The topological polar surface area (TPSA) is 57.7 Å². The van der Waals surface area contributed by atoms with Gasteiger partial charge in [-0.25, -0.2) is 8.42 Å². The van der Waals surface area contributed by atoms with E-state index in [4.69, 9.17) is 0 Å². The monoisotopic (exact) mass is 426 g/mol. The third kappa shape index (κ3) is 4.45. The molecular weight excluding hydrogens is 405 g/mol. The number of halogens is 3. The number of hydrogen-bond donors (Lipinski definition) is 0. The average Bonchev–Trinajstić information content (AvgIpc) is 2.66. The number of benzene rings is 2. The molecule has 0 spiro atoms. The molecule has 0 atom stereocenters. The molecule has 29 heavy (non-hydrogen) atoms. The second-order valence-corrected chi connectivity index (χ2v) is 8.97. The lowest BCUT2D eigenvalue weighted by atomic mass is 10.1. The Hall–Kier alpha value is -2.39. The third-order valence-corrected chi connectivity index (χ3v) is 6.76. The van der Waals surface area contributed by atoms with E-state index in [-0.39, 0.29) is 32.1 Å². The zero-order valence-corrected chi connectivity index (χ0v) is 16.8. The molecule has 0 aliphatic carbocycles. The number of alkyl halides is 3. The number of hydrogen-bond acceptors (Lipinski definition) is 3. The van der Waals surface area contributed by atoms with Gasteiger partial charge >= 0.3 is 6.18 Å².